The number of hydrogen-bond donors (Lipinski definition) is 3. The van der Waals surface area contributed by atoms with Crippen LogP contribution in [0.5, 0.6) is 5.75 Å². The van der Waals surface area contributed by atoms with Gasteiger partial charge in [0.25, 0.3) is 0 Å². The molecule has 1 fully saturated rings. The average molecular weight is 519 g/mol. The first-order valence-electron chi connectivity index (χ1n) is 12.6. The van der Waals surface area contributed by atoms with Crippen LogP contribution in [0.4, 0.5) is 22.1 Å². The molecule has 0 unspecified atom stereocenters. The van der Waals surface area contributed by atoms with E-state index in [9.17, 15) is 9.90 Å². The number of alkyl carbamates (subject to hydrolysis) is 1. The molecule has 1 aromatic carbocycles. The molecule has 1 aliphatic rings. The molecule has 2 aromatic heterocycles. The number of rotatable bonds is 6. The van der Waals surface area contributed by atoms with Gasteiger partial charge in [-0.2, -0.15) is 0 Å². The number of hydrogen-bond acceptors (Lipinski definition) is 10. The van der Waals surface area contributed by atoms with Gasteiger partial charge in [-0.1, -0.05) is 18.2 Å². The van der Waals surface area contributed by atoms with Crippen LogP contribution >= 0.6 is 0 Å². The molecule has 4 N–H and O–H groups in total. The predicted molar refractivity (Wildman–Crippen MR) is 148 cm³/mol. The van der Waals surface area contributed by atoms with E-state index in [1.807, 2.05) is 39.0 Å². The fourth-order valence-electron chi connectivity index (χ4n) is 4.09. The van der Waals surface area contributed by atoms with E-state index >= 15 is 0 Å². The molecule has 0 saturated carbocycles. The lowest BCUT2D eigenvalue weighted by molar-refractivity contribution is 0.0534. The zero-order chi connectivity index (χ0) is 27.1. The van der Waals surface area contributed by atoms with Gasteiger partial charge in [-0.3, -0.25) is 0 Å². The summed E-state index contributed by atoms with van der Waals surface area (Å²) in [7, 11) is 0. The van der Waals surface area contributed by atoms with Crippen LogP contribution in [0.1, 0.15) is 33.0 Å². The fourth-order valence-corrected chi connectivity index (χ4v) is 4.09. The summed E-state index contributed by atoms with van der Waals surface area (Å²) in [5.41, 5.74) is 7.64. The number of amides is 1. The number of para-hydroxylation sites is 1. The van der Waals surface area contributed by atoms with Crippen LogP contribution in [0.15, 0.2) is 48.7 Å². The topological polar surface area (TPSA) is 143 Å². The molecule has 3 aromatic rings. The number of nitrogens with two attached hydrogens (primary N) is 1. The minimum Gasteiger partial charge on any atom is -0.507 e. The van der Waals surface area contributed by atoms with Crippen LogP contribution in [0.3, 0.4) is 0 Å². The summed E-state index contributed by atoms with van der Waals surface area (Å²) in [5.74, 6) is 1.89. The Morgan fingerprint density at radius 3 is 2.68 bits per heavy atom. The normalized spacial score (nSPS) is 14.4. The molecule has 0 radical (unpaired) electrons. The second kappa shape index (κ2) is 11.8. The first-order valence-corrected chi connectivity index (χ1v) is 12.6. The van der Waals surface area contributed by atoms with E-state index in [1.165, 1.54) is 0 Å². The number of carbonyl (C=O) groups excluding carboxylic acids is 1. The smallest absolute Gasteiger partial charge is 0.407 e. The van der Waals surface area contributed by atoms with Crippen molar-refractivity contribution in [2.45, 2.75) is 32.8 Å². The molecule has 3 heterocycles. The number of phenols is 1. The highest BCUT2D eigenvalue weighted by atomic mass is 16.6. The summed E-state index contributed by atoms with van der Waals surface area (Å²) in [6, 6.07) is 10.8. The zero-order valence-electron chi connectivity index (χ0n) is 22.0. The minimum atomic E-state index is -0.541. The van der Waals surface area contributed by atoms with Crippen molar-refractivity contribution >= 4 is 29.5 Å². The fraction of sp³-hybridized carbons (Fsp3) is 0.370. The number of aromatic nitrogens is 4. The Morgan fingerprint density at radius 2 is 1.89 bits per heavy atom. The van der Waals surface area contributed by atoms with Gasteiger partial charge in [-0.25, -0.2) is 14.8 Å². The number of nitrogen functional groups attached to an aromatic ring is 1. The maximum Gasteiger partial charge on any atom is 0.407 e. The molecular formula is C27H34N8O3. The van der Waals surface area contributed by atoms with Gasteiger partial charge in [-0.05, 0) is 57.5 Å². The Bertz CT molecular complexity index is 1290. The standard InChI is InChI=1S/C27H34N8O3/c1-27(2,3)38-26(37)30-12-6-10-23-29-13-11-24(31-23)35-15-7-14-34(16-17-35)21-18-20(32-33-25(21)28)19-8-4-5-9-22(19)36/h4-6,8-11,13,18,36H,7,12,14-17H2,1-3H3,(H2,28,33)(H,30,37)/b10-6+. The molecule has 0 aliphatic carbocycles. The number of nitrogens with one attached hydrogen (secondary N) is 1. The lowest BCUT2D eigenvalue weighted by Gasteiger charge is -2.25. The molecule has 4 rings (SSSR count). The van der Waals surface area contributed by atoms with Crippen molar-refractivity contribution in [2.75, 3.05) is 48.3 Å². The maximum atomic E-state index is 11.8. The number of aromatic hydroxyl groups is 1. The third kappa shape index (κ3) is 7.09. The van der Waals surface area contributed by atoms with Crippen molar-refractivity contribution in [3.63, 3.8) is 0 Å². The molecule has 200 valence electrons. The van der Waals surface area contributed by atoms with E-state index in [2.05, 4.69) is 35.3 Å². The molecule has 1 amide bonds. The lowest BCUT2D eigenvalue weighted by Crippen LogP contribution is -2.32. The van der Waals surface area contributed by atoms with Crippen LogP contribution in [-0.4, -0.2) is 69.7 Å². The Kier molecular flexibility index (Phi) is 8.25. The first kappa shape index (κ1) is 26.6. The zero-order valence-corrected chi connectivity index (χ0v) is 22.0. The van der Waals surface area contributed by atoms with E-state index in [0.717, 1.165) is 37.6 Å². The van der Waals surface area contributed by atoms with E-state index in [1.54, 1.807) is 36.5 Å². The highest BCUT2D eigenvalue weighted by molar-refractivity contribution is 5.74. The largest absolute Gasteiger partial charge is 0.507 e. The Labute approximate surface area is 222 Å². The lowest BCUT2D eigenvalue weighted by atomic mass is 10.1. The second-order valence-electron chi connectivity index (χ2n) is 9.90. The van der Waals surface area contributed by atoms with Crippen LogP contribution < -0.4 is 20.9 Å². The first-order chi connectivity index (χ1) is 18.2. The summed E-state index contributed by atoms with van der Waals surface area (Å²) in [5, 5.41) is 21.3. The highest BCUT2D eigenvalue weighted by Crippen LogP contribution is 2.31. The van der Waals surface area contributed by atoms with Crippen LogP contribution in [-0.2, 0) is 4.74 Å². The second-order valence-corrected chi connectivity index (χ2v) is 9.90. The van der Waals surface area contributed by atoms with Gasteiger partial charge in [0.2, 0.25) is 0 Å². The predicted octanol–water partition coefficient (Wildman–Crippen LogP) is 3.48. The van der Waals surface area contributed by atoms with Crippen molar-refractivity contribution in [3.8, 4) is 17.0 Å². The van der Waals surface area contributed by atoms with Crippen LogP contribution in [0.2, 0.25) is 0 Å². The monoisotopic (exact) mass is 518 g/mol. The van der Waals surface area contributed by atoms with E-state index in [4.69, 9.17) is 10.5 Å². The maximum absolute atomic E-state index is 11.8. The Balaban J connectivity index is 1.39. The molecule has 1 saturated heterocycles. The molecule has 11 nitrogen and oxygen atoms in total. The van der Waals surface area contributed by atoms with Gasteiger partial charge >= 0.3 is 6.09 Å². The summed E-state index contributed by atoms with van der Waals surface area (Å²) < 4.78 is 5.23. The number of carbonyl (C=O) groups is 1. The number of ether oxygens (including phenoxy) is 1. The third-order valence-corrected chi connectivity index (χ3v) is 5.83. The molecule has 0 spiro atoms. The number of anilines is 3. The quantitative estimate of drug-likeness (QED) is 0.444. The summed E-state index contributed by atoms with van der Waals surface area (Å²) in [6.45, 7) is 8.83. The SMILES string of the molecule is CC(C)(C)OC(=O)NC/C=C/c1nccc(N2CCCN(c3cc(-c4ccccc4O)nnc3N)CC2)n1. The van der Waals surface area contributed by atoms with E-state index < -0.39 is 11.7 Å². The van der Waals surface area contributed by atoms with Crippen molar-refractivity contribution in [1.82, 2.24) is 25.5 Å². The Morgan fingerprint density at radius 1 is 1.13 bits per heavy atom. The molecule has 0 atom stereocenters. The third-order valence-electron chi connectivity index (χ3n) is 5.83. The van der Waals surface area contributed by atoms with E-state index in [0.29, 0.717) is 36.0 Å². The average Bonchev–Trinajstić information content (AvgIpc) is 3.13. The minimum absolute atomic E-state index is 0.147. The molecule has 1 aliphatic heterocycles. The van der Waals surface area contributed by atoms with Gasteiger partial charge in [0, 0.05) is 44.5 Å². The molecule has 11 heteroatoms. The number of benzene rings is 1. The van der Waals surface area contributed by atoms with Crippen molar-refractivity contribution in [3.05, 3.63) is 54.5 Å². The Hall–Kier alpha value is -4.41. The number of nitrogens with zero attached hydrogens (tertiary/aromatic N) is 6. The molecular weight excluding hydrogens is 484 g/mol. The molecule has 38 heavy (non-hydrogen) atoms. The van der Waals surface area contributed by atoms with Crippen molar-refractivity contribution in [1.29, 1.82) is 0 Å². The van der Waals surface area contributed by atoms with Gasteiger partial charge in [0.1, 0.15) is 17.2 Å². The van der Waals surface area contributed by atoms with Gasteiger partial charge in [-0.15, -0.1) is 10.2 Å². The van der Waals surface area contributed by atoms with Gasteiger partial charge in [0.15, 0.2) is 11.6 Å². The van der Waals surface area contributed by atoms with Crippen molar-refractivity contribution < 1.29 is 14.6 Å². The van der Waals surface area contributed by atoms with Gasteiger partial charge < -0.3 is 30.7 Å². The van der Waals surface area contributed by atoms with Crippen LogP contribution in [0, 0.1) is 0 Å². The van der Waals surface area contributed by atoms with E-state index in [-0.39, 0.29) is 5.75 Å². The summed E-state index contributed by atoms with van der Waals surface area (Å²) >= 11 is 0. The molecule has 0 bridgehead atoms. The summed E-state index contributed by atoms with van der Waals surface area (Å²) in [4.78, 5) is 25.2. The van der Waals surface area contributed by atoms with Crippen LogP contribution in [0.25, 0.3) is 17.3 Å². The summed E-state index contributed by atoms with van der Waals surface area (Å²) in [6.07, 6.45) is 5.71. The van der Waals surface area contributed by atoms with Crippen molar-refractivity contribution in [2.24, 2.45) is 0 Å². The van der Waals surface area contributed by atoms with Gasteiger partial charge in [0.05, 0.1) is 11.4 Å². The number of phenolic OH excluding ortho intramolecular Hbond substituents is 1. The highest BCUT2D eigenvalue weighted by Gasteiger charge is 2.20.